The molecule has 2 aromatic carbocycles. The van der Waals surface area contributed by atoms with Crippen molar-refractivity contribution in [3.63, 3.8) is 0 Å². The van der Waals surface area contributed by atoms with Crippen molar-refractivity contribution in [3.8, 4) is 5.75 Å². The molecule has 1 unspecified atom stereocenters. The van der Waals surface area contributed by atoms with Crippen molar-refractivity contribution in [3.05, 3.63) is 65.2 Å². The smallest absolute Gasteiger partial charge is 0.408 e. The number of carboxylic acids is 1. The number of ether oxygens (including phenoxy) is 1. The first-order valence-corrected chi connectivity index (χ1v) is 7.85. The second-order valence-electron chi connectivity index (χ2n) is 5.68. The Morgan fingerprint density at radius 1 is 1.19 bits per heavy atom. The number of fused-ring (bicyclic) bond motifs is 1. The third-order valence-corrected chi connectivity index (χ3v) is 3.86. The number of aliphatic hydroxyl groups excluding tert-OH is 1. The summed E-state index contributed by atoms with van der Waals surface area (Å²) in [5, 5.41) is 21.9. The summed E-state index contributed by atoms with van der Waals surface area (Å²) in [4.78, 5) is 33.1. The molecule has 3 rings (SSSR count). The zero-order valence-electron chi connectivity index (χ0n) is 13.6. The van der Waals surface area contributed by atoms with Gasteiger partial charge in [0.15, 0.2) is 11.8 Å². The van der Waals surface area contributed by atoms with Crippen molar-refractivity contribution >= 4 is 12.1 Å². The van der Waals surface area contributed by atoms with Crippen molar-refractivity contribution in [2.75, 3.05) is 0 Å². The summed E-state index contributed by atoms with van der Waals surface area (Å²) in [6.07, 6.45) is -2.44. The van der Waals surface area contributed by atoms with Crippen LogP contribution in [0.25, 0.3) is 0 Å². The topological polar surface area (TPSA) is 114 Å². The van der Waals surface area contributed by atoms with E-state index >= 15 is 0 Å². The largest absolute Gasteiger partial charge is 0.480 e. The van der Waals surface area contributed by atoms with E-state index in [-0.39, 0.29) is 18.8 Å². The predicted octanol–water partition coefficient (Wildman–Crippen LogP) is 1.92. The summed E-state index contributed by atoms with van der Waals surface area (Å²) in [5.74, 6) is -0.996. The van der Waals surface area contributed by atoms with E-state index in [0.29, 0.717) is 5.75 Å². The van der Waals surface area contributed by atoms with Crippen LogP contribution in [0.1, 0.15) is 22.8 Å². The number of carbonyl (C=O) groups is 2. The predicted molar refractivity (Wildman–Crippen MR) is 88.0 cm³/mol. The van der Waals surface area contributed by atoms with E-state index in [0.717, 1.165) is 11.1 Å². The number of rotatable bonds is 6. The number of hydrogen-bond donors (Lipinski definition) is 3. The van der Waals surface area contributed by atoms with Crippen LogP contribution in [-0.2, 0) is 27.6 Å². The molecule has 1 amide bonds. The van der Waals surface area contributed by atoms with E-state index in [1.807, 2.05) is 6.07 Å². The molecule has 0 fully saturated rings. The van der Waals surface area contributed by atoms with Gasteiger partial charge >= 0.3 is 12.1 Å². The Balaban J connectivity index is 1.64. The number of alkyl carbamates (subject to hydrolysis) is 1. The Hall–Kier alpha value is -3.10. The van der Waals surface area contributed by atoms with E-state index in [1.54, 1.807) is 36.4 Å². The van der Waals surface area contributed by atoms with Gasteiger partial charge in [0, 0.05) is 5.56 Å². The van der Waals surface area contributed by atoms with E-state index in [9.17, 15) is 19.8 Å². The highest BCUT2D eigenvalue weighted by molar-refractivity contribution is 5.80. The molecule has 0 aromatic heterocycles. The van der Waals surface area contributed by atoms with Crippen LogP contribution in [0.2, 0.25) is 0 Å². The number of aliphatic carboxylic acids is 1. The van der Waals surface area contributed by atoms with Gasteiger partial charge in [0.1, 0.15) is 19.3 Å². The van der Waals surface area contributed by atoms with Crippen LogP contribution in [0.5, 0.6) is 5.75 Å². The second-order valence-corrected chi connectivity index (χ2v) is 5.68. The molecule has 2 aromatic rings. The van der Waals surface area contributed by atoms with E-state index in [1.165, 1.54) is 6.07 Å². The molecule has 8 nitrogen and oxygen atoms in total. The summed E-state index contributed by atoms with van der Waals surface area (Å²) >= 11 is 0. The Morgan fingerprint density at radius 2 is 1.96 bits per heavy atom. The van der Waals surface area contributed by atoms with Gasteiger partial charge in [-0.2, -0.15) is 4.89 Å². The van der Waals surface area contributed by atoms with Crippen molar-refractivity contribution < 1.29 is 34.3 Å². The van der Waals surface area contributed by atoms with Crippen molar-refractivity contribution in [1.82, 2.24) is 5.32 Å². The normalized spacial score (nSPS) is 14.7. The molecule has 2 atom stereocenters. The van der Waals surface area contributed by atoms with Gasteiger partial charge in [0.25, 0.3) is 0 Å². The van der Waals surface area contributed by atoms with Crippen molar-refractivity contribution in [2.45, 2.75) is 25.4 Å². The first-order valence-electron chi connectivity index (χ1n) is 7.85. The summed E-state index contributed by atoms with van der Waals surface area (Å²) < 4.78 is 5.00. The first-order chi connectivity index (χ1) is 12.5. The van der Waals surface area contributed by atoms with Gasteiger partial charge in [-0.15, -0.1) is 0 Å². The number of carboxylic acid groups (broad SMARTS) is 1. The zero-order chi connectivity index (χ0) is 18.5. The summed E-state index contributed by atoms with van der Waals surface area (Å²) in [5.41, 5.74) is 1.80. The SMILES string of the molecule is O=C(N[C@H](C(=O)O)C(O)c1ccc2c(c1)OOC2)OCc1ccccc1. The van der Waals surface area contributed by atoms with Crippen LogP contribution in [-0.4, -0.2) is 28.3 Å². The third-order valence-electron chi connectivity index (χ3n) is 3.86. The monoisotopic (exact) mass is 359 g/mol. The standard InChI is InChI=1S/C18H17NO7/c20-16(12-6-7-13-10-25-26-14(13)8-12)15(17(21)22)19-18(23)24-9-11-4-2-1-3-5-11/h1-8,15-16,20H,9-10H2,(H,19,23)(H,21,22)/t15-,16?/m0/s1. The van der Waals surface area contributed by atoms with Gasteiger partial charge < -0.3 is 25.2 Å². The minimum Gasteiger partial charge on any atom is -0.480 e. The van der Waals surface area contributed by atoms with E-state index in [2.05, 4.69) is 5.32 Å². The molecule has 0 spiro atoms. The lowest BCUT2D eigenvalue weighted by atomic mass is 10.0. The number of hydrogen-bond acceptors (Lipinski definition) is 6. The minimum atomic E-state index is -1.58. The highest BCUT2D eigenvalue weighted by atomic mass is 17.2. The molecule has 0 aliphatic carbocycles. The minimum absolute atomic E-state index is 0.0148. The maximum Gasteiger partial charge on any atom is 0.408 e. The zero-order valence-corrected chi connectivity index (χ0v) is 13.6. The number of carbonyl (C=O) groups excluding carboxylic acids is 1. The molecule has 0 saturated heterocycles. The van der Waals surface area contributed by atoms with Gasteiger partial charge in [-0.3, -0.25) is 0 Å². The molecule has 1 heterocycles. The average molecular weight is 359 g/mol. The highest BCUT2D eigenvalue weighted by Gasteiger charge is 2.31. The lowest BCUT2D eigenvalue weighted by Gasteiger charge is -2.20. The van der Waals surface area contributed by atoms with Crippen molar-refractivity contribution in [1.29, 1.82) is 0 Å². The Kier molecular flexibility index (Phi) is 5.35. The molecule has 1 aliphatic rings. The van der Waals surface area contributed by atoms with Crippen LogP contribution in [0.4, 0.5) is 4.79 Å². The molecule has 3 N–H and O–H groups in total. The maximum atomic E-state index is 11.9. The van der Waals surface area contributed by atoms with E-state index in [4.69, 9.17) is 14.5 Å². The van der Waals surface area contributed by atoms with Gasteiger partial charge in [-0.05, 0) is 17.2 Å². The van der Waals surface area contributed by atoms with Gasteiger partial charge in [0.2, 0.25) is 0 Å². The van der Waals surface area contributed by atoms with Crippen LogP contribution < -0.4 is 10.2 Å². The molecule has 26 heavy (non-hydrogen) atoms. The molecule has 0 radical (unpaired) electrons. The summed E-state index contributed by atoms with van der Waals surface area (Å²) in [6, 6.07) is 12.0. The van der Waals surface area contributed by atoms with Crippen LogP contribution in [0.3, 0.4) is 0 Å². The quantitative estimate of drug-likeness (QED) is 0.675. The number of nitrogens with one attached hydrogen (secondary N) is 1. The number of amides is 1. The molecule has 0 bridgehead atoms. The van der Waals surface area contributed by atoms with Gasteiger partial charge in [0.05, 0.1) is 0 Å². The first kappa shape index (κ1) is 17.7. The Morgan fingerprint density at radius 3 is 2.69 bits per heavy atom. The molecular weight excluding hydrogens is 342 g/mol. The second kappa shape index (κ2) is 7.85. The van der Waals surface area contributed by atoms with Gasteiger partial charge in [-0.1, -0.05) is 42.5 Å². The average Bonchev–Trinajstić information content (AvgIpc) is 3.12. The molecule has 136 valence electrons. The fourth-order valence-corrected chi connectivity index (χ4v) is 2.47. The number of benzene rings is 2. The number of aliphatic hydroxyl groups is 1. The molecular formula is C18H17NO7. The fraction of sp³-hybridized carbons (Fsp3) is 0.222. The summed E-state index contributed by atoms with van der Waals surface area (Å²) in [6.45, 7) is 0.261. The maximum absolute atomic E-state index is 11.9. The van der Waals surface area contributed by atoms with E-state index < -0.39 is 24.2 Å². The molecule has 0 saturated carbocycles. The van der Waals surface area contributed by atoms with Crippen LogP contribution >= 0.6 is 0 Å². The highest BCUT2D eigenvalue weighted by Crippen LogP contribution is 2.30. The Bertz CT molecular complexity index is 793. The fourth-order valence-electron chi connectivity index (χ4n) is 2.47. The molecule has 1 aliphatic heterocycles. The lowest BCUT2D eigenvalue weighted by molar-refractivity contribution is -0.194. The Labute approximate surface area is 148 Å². The lowest BCUT2D eigenvalue weighted by Crippen LogP contribution is -2.45. The van der Waals surface area contributed by atoms with Gasteiger partial charge in [-0.25, -0.2) is 9.59 Å². The van der Waals surface area contributed by atoms with Crippen LogP contribution in [0, 0.1) is 0 Å². The van der Waals surface area contributed by atoms with Crippen molar-refractivity contribution in [2.24, 2.45) is 0 Å². The van der Waals surface area contributed by atoms with Crippen LogP contribution in [0.15, 0.2) is 48.5 Å². The summed E-state index contributed by atoms with van der Waals surface area (Å²) in [7, 11) is 0. The third kappa shape index (κ3) is 4.11. The molecule has 8 heteroatoms.